The number of nitrogens with zero attached hydrogens (tertiary/aromatic N) is 2. The molecule has 6 nitrogen and oxygen atoms in total. The van der Waals surface area contributed by atoms with E-state index in [2.05, 4.69) is 10.2 Å². The lowest BCUT2D eigenvalue weighted by molar-refractivity contribution is -0.176. The van der Waals surface area contributed by atoms with Gasteiger partial charge >= 0.3 is 0 Å². The second-order valence-electron chi connectivity index (χ2n) is 6.34. The Morgan fingerprint density at radius 3 is 2.38 bits per heavy atom. The van der Waals surface area contributed by atoms with E-state index in [1.807, 2.05) is 4.90 Å². The molecule has 6 heteroatoms. The van der Waals surface area contributed by atoms with Gasteiger partial charge in [0.05, 0.1) is 19.3 Å². The Bertz CT molecular complexity index is 416. The summed E-state index contributed by atoms with van der Waals surface area (Å²) in [5, 5.41) is 2.74. The molecule has 0 aromatic rings. The number of nitrogens with one attached hydrogen (secondary N) is 1. The summed E-state index contributed by atoms with van der Waals surface area (Å²) < 4.78 is 5.32. The minimum absolute atomic E-state index is 0.0212. The molecule has 3 rings (SSSR count). The van der Waals surface area contributed by atoms with Crippen molar-refractivity contribution in [3.8, 4) is 0 Å². The van der Waals surface area contributed by atoms with Gasteiger partial charge in [-0.2, -0.15) is 0 Å². The third-order valence-electron chi connectivity index (χ3n) is 5.09. The normalized spacial score (nSPS) is 29.0. The summed E-state index contributed by atoms with van der Waals surface area (Å²) in [5.41, 5.74) is -0.624. The Morgan fingerprint density at radius 1 is 1.10 bits per heavy atom. The van der Waals surface area contributed by atoms with E-state index in [0.717, 1.165) is 45.3 Å². The van der Waals surface area contributed by atoms with Gasteiger partial charge in [0, 0.05) is 26.7 Å². The molecule has 1 N–H and O–H groups in total. The highest BCUT2D eigenvalue weighted by atomic mass is 16.5. The van der Waals surface area contributed by atoms with Gasteiger partial charge in [0.1, 0.15) is 5.54 Å². The van der Waals surface area contributed by atoms with Crippen molar-refractivity contribution in [3.63, 3.8) is 0 Å². The number of ether oxygens (including phenoxy) is 1. The third-order valence-corrected chi connectivity index (χ3v) is 5.09. The molecule has 21 heavy (non-hydrogen) atoms. The number of likely N-dealkylation sites (N-methyl/N-ethyl adjacent to an activating group) is 1. The highest BCUT2D eigenvalue weighted by Gasteiger charge is 2.55. The standard InChI is InChI=1S/C15H25N3O3/c1-16-14(20)15(10-21-11-15)18-9-5-6-12(18)13(19)17-7-3-2-4-8-17/h12H,2-11H2,1H3,(H,16,20)/t12-/m0/s1. The summed E-state index contributed by atoms with van der Waals surface area (Å²) in [6, 6.07) is -0.149. The average Bonchev–Trinajstić information content (AvgIpc) is 2.95. The molecule has 0 unspecified atom stereocenters. The summed E-state index contributed by atoms with van der Waals surface area (Å²) in [7, 11) is 1.65. The van der Waals surface area contributed by atoms with Crippen LogP contribution >= 0.6 is 0 Å². The predicted octanol–water partition coefficient (Wildman–Crippen LogP) is -0.0217. The fraction of sp³-hybridized carbons (Fsp3) is 0.867. The molecule has 0 saturated carbocycles. The number of hydrogen-bond donors (Lipinski definition) is 1. The zero-order valence-electron chi connectivity index (χ0n) is 12.8. The fourth-order valence-corrected chi connectivity index (χ4v) is 3.82. The number of amides is 2. The van der Waals surface area contributed by atoms with Crippen molar-refractivity contribution in [2.75, 3.05) is 39.9 Å². The first-order valence-corrected chi connectivity index (χ1v) is 8.04. The van der Waals surface area contributed by atoms with E-state index in [4.69, 9.17) is 4.74 Å². The Morgan fingerprint density at radius 2 is 1.81 bits per heavy atom. The van der Waals surface area contributed by atoms with E-state index in [-0.39, 0.29) is 17.9 Å². The van der Waals surface area contributed by atoms with Crippen molar-refractivity contribution >= 4 is 11.8 Å². The van der Waals surface area contributed by atoms with Crippen LogP contribution in [0.25, 0.3) is 0 Å². The zero-order chi connectivity index (χ0) is 14.9. The Labute approximate surface area is 125 Å². The molecule has 0 bridgehead atoms. The zero-order valence-corrected chi connectivity index (χ0v) is 12.8. The molecule has 3 heterocycles. The molecule has 3 fully saturated rings. The molecule has 0 aliphatic carbocycles. The second kappa shape index (κ2) is 5.93. The van der Waals surface area contributed by atoms with E-state index in [1.165, 1.54) is 6.42 Å². The summed E-state index contributed by atoms with van der Waals surface area (Å²) >= 11 is 0. The average molecular weight is 295 g/mol. The quantitative estimate of drug-likeness (QED) is 0.795. The lowest BCUT2D eigenvalue weighted by atomic mass is 9.92. The largest absolute Gasteiger partial charge is 0.376 e. The lowest BCUT2D eigenvalue weighted by Gasteiger charge is -2.48. The molecular formula is C15H25N3O3. The molecule has 3 saturated heterocycles. The molecule has 1 atom stereocenters. The maximum absolute atomic E-state index is 12.8. The van der Waals surface area contributed by atoms with Gasteiger partial charge < -0.3 is 15.0 Å². The number of rotatable bonds is 3. The molecule has 0 spiro atoms. The Kier molecular flexibility index (Phi) is 4.17. The molecule has 0 aromatic heterocycles. The van der Waals surface area contributed by atoms with Crippen LogP contribution < -0.4 is 5.32 Å². The van der Waals surface area contributed by atoms with Crippen molar-refractivity contribution in [3.05, 3.63) is 0 Å². The maximum Gasteiger partial charge on any atom is 0.245 e. The van der Waals surface area contributed by atoms with Gasteiger partial charge in [0.2, 0.25) is 11.8 Å². The molecule has 118 valence electrons. The second-order valence-corrected chi connectivity index (χ2v) is 6.34. The topological polar surface area (TPSA) is 61.9 Å². The van der Waals surface area contributed by atoms with Gasteiger partial charge in [-0.3, -0.25) is 14.5 Å². The van der Waals surface area contributed by atoms with Crippen LogP contribution in [0.15, 0.2) is 0 Å². The smallest absolute Gasteiger partial charge is 0.245 e. The van der Waals surface area contributed by atoms with Crippen LogP contribution in [0.1, 0.15) is 32.1 Å². The van der Waals surface area contributed by atoms with Gasteiger partial charge in [0.15, 0.2) is 0 Å². The third kappa shape index (κ3) is 2.44. The minimum atomic E-state index is -0.624. The van der Waals surface area contributed by atoms with Crippen molar-refractivity contribution in [2.24, 2.45) is 0 Å². The van der Waals surface area contributed by atoms with Crippen molar-refractivity contribution in [2.45, 2.75) is 43.7 Å². The van der Waals surface area contributed by atoms with Gasteiger partial charge in [-0.15, -0.1) is 0 Å². The highest BCUT2D eigenvalue weighted by Crippen LogP contribution is 2.34. The van der Waals surface area contributed by atoms with Crippen LogP contribution in [0, 0.1) is 0 Å². The van der Waals surface area contributed by atoms with Crippen LogP contribution in [0.2, 0.25) is 0 Å². The number of hydrogen-bond acceptors (Lipinski definition) is 4. The van der Waals surface area contributed by atoms with Crippen LogP contribution in [0.3, 0.4) is 0 Å². The molecule has 3 aliphatic rings. The summed E-state index contributed by atoms with van der Waals surface area (Å²) in [6.45, 7) is 3.34. The summed E-state index contributed by atoms with van der Waals surface area (Å²) in [5.74, 6) is 0.189. The van der Waals surface area contributed by atoms with Crippen molar-refractivity contribution < 1.29 is 14.3 Å². The molecule has 0 radical (unpaired) electrons. The number of carbonyl (C=O) groups excluding carboxylic acids is 2. The summed E-state index contributed by atoms with van der Waals surface area (Å²) in [4.78, 5) is 29.2. The fourth-order valence-electron chi connectivity index (χ4n) is 3.82. The highest BCUT2D eigenvalue weighted by molar-refractivity contribution is 5.89. The van der Waals surface area contributed by atoms with Gasteiger partial charge in [-0.05, 0) is 32.1 Å². The molecular weight excluding hydrogens is 270 g/mol. The first-order chi connectivity index (χ1) is 10.2. The van der Waals surface area contributed by atoms with Crippen molar-refractivity contribution in [1.82, 2.24) is 15.1 Å². The van der Waals surface area contributed by atoms with Gasteiger partial charge in [-0.1, -0.05) is 0 Å². The molecule has 2 amide bonds. The molecule has 3 aliphatic heterocycles. The maximum atomic E-state index is 12.8. The van der Waals surface area contributed by atoms with Gasteiger partial charge in [-0.25, -0.2) is 0 Å². The monoisotopic (exact) mass is 295 g/mol. The van der Waals surface area contributed by atoms with Crippen molar-refractivity contribution in [1.29, 1.82) is 0 Å². The van der Waals surface area contributed by atoms with E-state index < -0.39 is 5.54 Å². The Hall–Kier alpha value is -1.14. The first kappa shape index (κ1) is 14.8. The van der Waals surface area contributed by atoms with Crippen LogP contribution in [-0.4, -0.2) is 73.1 Å². The number of likely N-dealkylation sites (tertiary alicyclic amines) is 2. The van der Waals surface area contributed by atoms with E-state index in [0.29, 0.717) is 13.2 Å². The van der Waals surface area contributed by atoms with Crippen LogP contribution in [0.4, 0.5) is 0 Å². The predicted molar refractivity (Wildman–Crippen MR) is 77.8 cm³/mol. The summed E-state index contributed by atoms with van der Waals surface area (Å²) in [6.07, 6.45) is 5.25. The SMILES string of the molecule is CNC(=O)C1(N2CCC[C@H]2C(=O)N2CCCCC2)COC1. The minimum Gasteiger partial charge on any atom is -0.376 e. The first-order valence-electron chi connectivity index (χ1n) is 8.04. The lowest BCUT2D eigenvalue weighted by Crippen LogP contribution is -2.71. The Balaban J connectivity index is 1.75. The van der Waals surface area contributed by atoms with Gasteiger partial charge in [0.25, 0.3) is 0 Å². The van der Waals surface area contributed by atoms with E-state index in [9.17, 15) is 9.59 Å². The number of carbonyl (C=O) groups is 2. The van der Waals surface area contributed by atoms with Crippen LogP contribution in [0.5, 0.6) is 0 Å². The molecule has 0 aromatic carbocycles. The number of piperidine rings is 1. The van der Waals surface area contributed by atoms with E-state index in [1.54, 1.807) is 7.05 Å². The van der Waals surface area contributed by atoms with E-state index >= 15 is 0 Å². The van der Waals surface area contributed by atoms with Crippen LogP contribution in [-0.2, 0) is 14.3 Å².